The number of pyridine rings is 1. The molecule has 0 spiro atoms. The van der Waals surface area contributed by atoms with Crippen molar-refractivity contribution in [2.45, 2.75) is 13.5 Å². The number of hydrogen-bond donors (Lipinski definition) is 2. The van der Waals surface area contributed by atoms with E-state index in [4.69, 9.17) is 5.73 Å². The fourth-order valence-electron chi connectivity index (χ4n) is 2.08. The summed E-state index contributed by atoms with van der Waals surface area (Å²) < 4.78 is 1.59. The third-order valence-electron chi connectivity index (χ3n) is 3.10. The third-order valence-corrected chi connectivity index (χ3v) is 4.21. The lowest BCUT2D eigenvalue weighted by Gasteiger charge is -2.01. The van der Waals surface area contributed by atoms with E-state index in [0.29, 0.717) is 16.4 Å². The Hall–Kier alpha value is -2.48. The molecule has 3 aromatic rings. The number of rotatable bonds is 3. The standard InChI is InChI=1S/C13H14N6OS/c1-7-3-4-15-13-9(7)10(14)11(21-13)12(20)16-5-8-17-6-19(2)18-8/h3-4,6H,5,14H2,1-2H3,(H,16,20). The largest absolute Gasteiger partial charge is 0.397 e. The summed E-state index contributed by atoms with van der Waals surface area (Å²) in [7, 11) is 1.77. The molecule has 8 heteroatoms. The summed E-state index contributed by atoms with van der Waals surface area (Å²) in [6.07, 6.45) is 3.30. The number of nitrogen functional groups attached to an aromatic ring is 1. The lowest BCUT2D eigenvalue weighted by Crippen LogP contribution is -2.23. The minimum atomic E-state index is -0.234. The molecule has 3 rings (SSSR count). The van der Waals surface area contributed by atoms with Crippen LogP contribution in [0.2, 0.25) is 0 Å². The molecule has 0 radical (unpaired) electrons. The summed E-state index contributed by atoms with van der Waals surface area (Å²) in [5, 5.41) is 7.73. The number of anilines is 1. The number of aromatic nitrogens is 4. The van der Waals surface area contributed by atoms with E-state index in [2.05, 4.69) is 20.4 Å². The third kappa shape index (κ3) is 2.45. The number of nitrogens with zero attached hydrogens (tertiary/aromatic N) is 4. The van der Waals surface area contributed by atoms with Gasteiger partial charge < -0.3 is 11.1 Å². The monoisotopic (exact) mass is 302 g/mol. The van der Waals surface area contributed by atoms with E-state index in [1.165, 1.54) is 11.3 Å². The molecule has 3 heterocycles. The summed E-state index contributed by atoms with van der Waals surface area (Å²) in [5.74, 6) is 0.321. The van der Waals surface area contributed by atoms with Crippen molar-refractivity contribution < 1.29 is 4.79 Å². The van der Waals surface area contributed by atoms with Crippen molar-refractivity contribution in [3.8, 4) is 0 Å². The van der Waals surface area contributed by atoms with E-state index in [9.17, 15) is 4.79 Å². The molecule has 0 aliphatic rings. The van der Waals surface area contributed by atoms with Gasteiger partial charge in [-0.3, -0.25) is 9.48 Å². The van der Waals surface area contributed by atoms with Gasteiger partial charge in [0.25, 0.3) is 5.91 Å². The van der Waals surface area contributed by atoms with Gasteiger partial charge in [0, 0.05) is 18.6 Å². The predicted octanol–water partition coefficient (Wildman–Crippen LogP) is 1.25. The van der Waals surface area contributed by atoms with Crippen LogP contribution in [0, 0.1) is 6.92 Å². The topological polar surface area (TPSA) is 98.7 Å². The van der Waals surface area contributed by atoms with Gasteiger partial charge in [0.1, 0.15) is 16.0 Å². The van der Waals surface area contributed by atoms with Crippen LogP contribution in [-0.2, 0) is 13.6 Å². The second-order valence-corrected chi connectivity index (χ2v) is 5.67. The van der Waals surface area contributed by atoms with Crippen molar-refractivity contribution >= 4 is 33.1 Å². The minimum Gasteiger partial charge on any atom is -0.397 e. The van der Waals surface area contributed by atoms with Gasteiger partial charge in [-0.2, -0.15) is 5.10 Å². The first-order chi connectivity index (χ1) is 10.1. The molecule has 0 aliphatic carbocycles. The quantitative estimate of drug-likeness (QED) is 0.758. The Morgan fingerprint density at radius 3 is 2.95 bits per heavy atom. The first-order valence-corrected chi connectivity index (χ1v) is 7.14. The van der Waals surface area contributed by atoms with Crippen LogP contribution in [0.15, 0.2) is 18.6 Å². The van der Waals surface area contributed by atoms with E-state index >= 15 is 0 Å². The van der Waals surface area contributed by atoms with Gasteiger partial charge in [0.2, 0.25) is 0 Å². The van der Waals surface area contributed by atoms with Crippen LogP contribution in [-0.4, -0.2) is 25.7 Å². The van der Waals surface area contributed by atoms with Gasteiger partial charge >= 0.3 is 0 Å². The number of carbonyl (C=O) groups is 1. The second kappa shape index (κ2) is 5.13. The van der Waals surface area contributed by atoms with E-state index < -0.39 is 0 Å². The molecule has 0 atom stereocenters. The Morgan fingerprint density at radius 1 is 1.48 bits per heavy atom. The van der Waals surface area contributed by atoms with Crippen molar-refractivity contribution in [2.75, 3.05) is 5.73 Å². The SMILES string of the molecule is Cc1ccnc2sc(C(=O)NCc3ncn(C)n3)c(N)c12. The van der Waals surface area contributed by atoms with E-state index in [-0.39, 0.29) is 12.5 Å². The fourth-order valence-corrected chi connectivity index (χ4v) is 3.13. The van der Waals surface area contributed by atoms with E-state index in [0.717, 1.165) is 15.8 Å². The van der Waals surface area contributed by atoms with Gasteiger partial charge in [-0.05, 0) is 18.6 Å². The number of fused-ring (bicyclic) bond motifs is 1. The van der Waals surface area contributed by atoms with Gasteiger partial charge in [0.15, 0.2) is 5.82 Å². The Bertz CT molecular complexity index is 821. The summed E-state index contributed by atoms with van der Waals surface area (Å²) >= 11 is 1.29. The van der Waals surface area contributed by atoms with Crippen LogP contribution < -0.4 is 11.1 Å². The zero-order valence-electron chi connectivity index (χ0n) is 11.6. The Balaban J connectivity index is 1.84. The molecule has 0 bridgehead atoms. The van der Waals surface area contributed by atoms with Crippen molar-refractivity contribution in [2.24, 2.45) is 7.05 Å². The predicted molar refractivity (Wildman–Crippen MR) is 80.9 cm³/mol. The maximum Gasteiger partial charge on any atom is 0.263 e. The van der Waals surface area contributed by atoms with Crippen LogP contribution in [0.5, 0.6) is 0 Å². The summed E-state index contributed by atoms with van der Waals surface area (Å²) in [6.45, 7) is 2.21. The highest BCUT2D eigenvalue weighted by molar-refractivity contribution is 7.21. The van der Waals surface area contributed by atoms with Gasteiger partial charge in [-0.25, -0.2) is 9.97 Å². The summed E-state index contributed by atoms with van der Waals surface area (Å²) in [4.78, 5) is 21.8. The number of aryl methyl sites for hydroxylation is 2. The molecule has 0 aliphatic heterocycles. The molecule has 21 heavy (non-hydrogen) atoms. The molecule has 3 N–H and O–H groups in total. The van der Waals surface area contributed by atoms with Crippen LogP contribution in [0.1, 0.15) is 21.1 Å². The first-order valence-electron chi connectivity index (χ1n) is 6.32. The highest BCUT2D eigenvalue weighted by Gasteiger charge is 2.18. The highest BCUT2D eigenvalue weighted by Crippen LogP contribution is 2.34. The molecule has 0 saturated heterocycles. The Labute approximate surface area is 124 Å². The second-order valence-electron chi connectivity index (χ2n) is 4.67. The molecule has 3 aromatic heterocycles. The smallest absolute Gasteiger partial charge is 0.263 e. The average Bonchev–Trinajstić information content (AvgIpc) is 3.01. The number of nitrogens with two attached hydrogens (primary N) is 1. The van der Waals surface area contributed by atoms with Gasteiger partial charge in [-0.1, -0.05) is 0 Å². The highest BCUT2D eigenvalue weighted by atomic mass is 32.1. The summed E-state index contributed by atoms with van der Waals surface area (Å²) in [5.41, 5.74) is 7.58. The maximum atomic E-state index is 12.3. The van der Waals surface area contributed by atoms with Gasteiger partial charge in [0.05, 0.1) is 12.2 Å². The van der Waals surface area contributed by atoms with Crippen LogP contribution >= 0.6 is 11.3 Å². The number of hydrogen-bond acceptors (Lipinski definition) is 6. The lowest BCUT2D eigenvalue weighted by molar-refractivity contribution is 0.0955. The molecule has 0 aromatic carbocycles. The van der Waals surface area contributed by atoms with Crippen molar-refractivity contribution in [3.05, 3.63) is 34.9 Å². The number of nitrogens with one attached hydrogen (secondary N) is 1. The van der Waals surface area contributed by atoms with Crippen LogP contribution in [0.25, 0.3) is 10.2 Å². The minimum absolute atomic E-state index is 0.234. The van der Waals surface area contributed by atoms with Crippen LogP contribution in [0.3, 0.4) is 0 Å². The Kier molecular flexibility index (Phi) is 3.30. The molecule has 0 fully saturated rings. The van der Waals surface area contributed by atoms with Gasteiger partial charge in [-0.15, -0.1) is 11.3 Å². The molecule has 7 nitrogen and oxygen atoms in total. The zero-order chi connectivity index (χ0) is 15.0. The fraction of sp³-hybridized carbons (Fsp3) is 0.231. The molecular formula is C13H14N6OS. The van der Waals surface area contributed by atoms with Crippen molar-refractivity contribution in [3.63, 3.8) is 0 Å². The molecule has 0 saturated carbocycles. The van der Waals surface area contributed by atoms with Crippen molar-refractivity contribution in [1.82, 2.24) is 25.1 Å². The molecule has 0 unspecified atom stereocenters. The van der Waals surface area contributed by atoms with Crippen molar-refractivity contribution in [1.29, 1.82) is 0 Å². The van der Waals surface area contributed by atoms with Crippen LogP contribution in [0.4, 0.5) is 5.69 Å². The van der Waals surface area contributed by atoms with E-state index in [1.807, 2.05) is 13.0 Å². The average molecular weight is 302 g/mol. The molecule has 1 amide bonds. The van der Waals surface area contributed by atoms with E-state index in [1.54, 1.807) is 24.3 Å². The molecule has 108 valence electrons. The normalized spacial score (nSPS) is 11.0. The number of amides is 1. The zero-order valence-corrected chi connectivity index (χ0v) is 12.4. The number of thiophene rings is 1. The maximum absolute atomic E-state index is 12.3. The number of carbonyl (C=O) groups excluding carboxylic acids is 1. The molecular weight excluding hydrogens is 288 g/mol. The lowest BCUT2D eigenvalue weighted by atomic mass is 10.2. The first kappa shape index (κ1) is 13.5. The Morgan fingerprint density at radius 2 is 2.29 bits per heavy atom. The summed E-state index contributed by atoms with van der Waals surface area (Å²) in [6, 6.07) is 1.88.